The fourth-order valence-electron chi connectivity index (χ4n) is 4.71. The quantitative estimate of drug-likeness (QED) is 0.741. The Morgan fingerprint density at radius 2 is 1.90 bits per heavy atom. The molecule has 29 heavy (non-hydrogen) atoms. The summed E-state index contributed by atoms with van der Waals surface area (Å²) in [4.78, 5) is 27.5. The molecule has 1 amide bonds. The van der Waals surface area contributed by atoms with E-state index in [0.29, 0.717) is 13.1 Å². The molecule has 1 spiro atoms. The van der Waals surface area contributed by atoms with E-state index in [9.17, 15) is 9.59 Å². The third-order valence-electron chi connectivity index (χ3n) is 6.42. The summed E-state index contributed by atoms with van der Waals surface area (Å²) in [5.74, 6) is 0.758. The maximum atomic E-state index is 13.1. The summed E-state index contributed by atoms with van der Waals surface area (Å²) >= 11 is 0. The molecule has 0 atom stereocenters. The summed E-state index contributed by atoms with van der Waals surface area (Å²) in [6.45, 7) is 7.78. The number of aryl methyl sites for hydroxylation is 1. The summed E-state index contributed by atoms with van der Waals surface area (Å²) in [5.41, 5.74) is 1.53. The maximum absolute atomic E-state index is 13.1. The molecule has 0 radical (unpaired) electrons. The summed E-state index contributed by atoms with van der Waals surface area (Å²) in [6.07, 6.45) is 6.66. The smallest absolute Gasteiger partial charge is 0.349 e. The van der Waals surface area contributed by atoms with Gasteiger partial charge in [-0.3, -0.25) is 4.79 Å². The van der Waals surface area contributed by atoms with Gasteiger partial charge in [-0.05, 0) is 70.7 Å². The molecule has 1 aromatic heterocycles. The van der Waals surface area contributed by atoms with Crippen molar-refractivity contribution in [3.63, 3.8) is 0 Å². The topological polar surface area (TPSA) is 71.8 Å². The second kappa shape index (κ2) is 9.02. The van der Waals surface area contributed by atoms with Gasteiger partial charge in [0.25, 0.3) is 5.91 Å². The van der Waals surface area contributed by atoms with E-state index in [0.717, 1.165) is 63.1 Å². The molecule has 3 aliphatic heterocycles. The van der Waals surface area contributed by atoms with Crippen LogP contribution in [0.5, 0.6) is 0 Å². The predicted octanol–water partition coefficient (Wildman–Crippen LogP) is 3.18. The van der Waals surface area contributed by atoms with E-state index in [1.54, 1.807) is 4.90 Å². The maximum Gasteiger partial charge on any atom is 0.349 e. The molecule has 4 rings (SSSR count). The molecule has 2 saturated heterocycles. The Labute approximate surface area is 178 Å². The number of ether oxygens (including phenoxy) is 1. The minimum atomic E-state index is -0.497. The first-order valence-corrected chi connectivity index (χ1v) is 10.4. The van der Waals surface area contributed by atoms with Gasteiger partial charge in [0.05, 0.1) is 12.2 Å². The van der Waals surface area contributed by atoms with Gasteiger partial charge in [0.1, 0.15) is 11.3 Å². The van der Waals surface area contributed by atoms with E-state index in [4.69, 9.17) is 9.15 Å². The lowest BCUT2D eigenvalue weighted by molar-refractivity contribution is -0.0522. The van der Waals surface area contributed by atoms with Crippen molar-refractivity contribution >= 4 is 18.3 Å². The summed E-state index contributed by atoms with van der Waals surface area (Å²) < 4.78 is 11.6. The number of nitrogens with zero attached hydrogens (tertiary/aromatic N) is 1. The van der Waals surface area contributed by atoms with Crippen LogP contribution in [0.2, 0.25) is 0 Å². The van der Waals surface area contributed by atoms with E-state index in [2.05, 4.69) is 18.3 Å². The zero-order valence-corrected chi connectivity index (χ0v) is 18.1. The molecule has 1 N–H and O–H groups in total. The molecule has 0 aromatic carbocycles. The Morgan fingerprint density at radius 3 is 2.52 bits per heavy atom. The molecule has 4 heterocycles. The van der Waals surface area contributed by atoms with Crippen LogP contribution in [0.15, 0.2) is 26.9 Å². The van der Waals surface area contributed by atoms with Crippen LogP contribution in [0.3, 0.4) is 0 Å². The zero-order valence-electron chi connectivity index (χ0n) is 17.3. The van der Waals surface area contributed by atoms with Gasteiger partial charge in [0.2, 0.25) is 0 Å². The molecular formula is C22H31ClN2O4. The van der Waals surface area contributed by atoms with Crippen LogP contribution < -0.4 is 10.9 Å². The Bertz CT molecular complexity index is 834. The van der Waals surface area contributed by atoms with Crippen molar-refractivity contribution in [2.24, 2.45) is 0 Å². The molecule has 6 nitrogen and oxygen atoms in total. The molecule has 1 aromatic rings. The Morgan fingerprint density at radius 1 is 1.21 bits per heavy atom. The van der Waals surface area contributed by atoms with Crippen molar-refractivity contribution in [2.45, 2.75) is 57.5 Å². The normalized spacial score (nSPS) is 22.1. The predicted molar refractivity (Wildman–Crippen MR) is 114 cm³/mol. The van der Waals surface area contributed by atoms with Gasteiger partial charge in [-0.25, -0.2) is 4.79 Å². The van der Waals surface area contributed by atoms with Crippen LogP contribution in [-0.2, 0) is 4.74 Å². The first kappa shape index (κ1) is 22.1. The zero-order chi connectivity index (χ0) is 19.7. The SMILES string of the molecule is CC1=CC2(CCN(C(=O)c3c(C)cc(C4CCNCC4)oc3=O)CC2)OCC1.Cl. The molecule has 0 unspecified atom stereocenters. The number of hydrogen-bond donors (Lipinski definition) is 1. The van der Waals surface area contributed by atoms with Crippen molar-refractivity contribution in [3.05, 3.63) is 45.0 Å². The third kappa shape index (κ3) is 4.60. The number of halogens is 1. The molecule has 2 fully saturated rings. The molecule has 0 bridgehead atoms. The van der Waals surface area contributed by atoms with Gasteiger partial charge in [0.15, 0.2) is 0 Å². The van der Waals surface area contributed by atoms with Gasteiger partial charge in [0, 0.05) is 19.0 Å². The number of piperidine rings is 2. The van der Waals surface area contributed by atoms with Gasteiger partial charge in [-0.1, -0.05) is 11.6 Å². The summed E-state index contributed by atoms with van der Waals surface area (Å²) in [5, 5.41) is 3.32. The van der Waals surface area contributed by atoms with E-state index in [-0.39, 0.29) is 35.4 Å². The van der Waals surface area contributed by atoms with Gasteiger partial charge < -0.3 is 19.4 Å². The molecule has 0 saturated carbocycles. The largest absolute Gasteiger partial charge is 0.427 e. The highest BCUT2D eigenvalue weighted by molar-refractivity contribution is 5.95. The van der Waals surface area contributed by atoms with Crippen LogP contribution >= 0.6 is 12.4 Å². The Balaban J connectivity index is 0.00000240. The van der Waals surface area contributed by atoms with Crippen molar-refractivity contribution in [1.29, 1.82) is 0 Å². The fraction of sp³-hybridized carbons (Fsp3) is 0.636. The molecule has 3 aliphatic rings. The number of likely N-dealkylation sites (tertiary alicyclic amines) is 1. The van der Waals surface area contributed by atoms with Gasteiger partial charge >= 0.3 is 5.63 Å². The van der Waals surface area contributed by atoms with Crippen LogP contribution in [-0.4, -0.2) is 49.2 Å². The van der Waals surface area contributed by atoms with Crippen LogP contribution in [0.25, 0.3) is 0 Å². The number of nitrogens with one attached hydrogen (secondary N) is 1. The highest BCUT2D eigenvalue weighted by Gasteiger charge is 2.37. The highest BCUT2D eigenvalue weighted by atomic mass is 35.5. The van der Waals surface area contributed by atoms with Crippen LogP contribution in [0.1, 0.15) is 66.6 Å². The lowest BCUT2D eigenvalue weighted by Gasteiger charge is -2.42. The lowest BCUT2D eigenvalue weighted by atomic mass is 9.86. The van der Waals surface area contributed by atoms with E-state index in [1.807, 2.05) is 13.0 Å². The van der Waals surface area contributed by atoms with Crippen molar-refractivity contribution in [3.8, 4) is 0 Å². The number of amides is 1. The van der Waals surface area contributed by atoms with E-state index in [1.165, 1.54) is 5.57 Å². The lowest BCUT2D eigenvalue weighted by Crippen LogP contribution is -2.49. The average molecular weight is 423 g/mol. The summed E-state index contributed by atoms with van der Waals surface area (Å²) in [6, 6.07) is 1.90. The average Bonchev–Trinajstić information content (AvgIpc) is 2.68. The Hall–Kier alpha value is -1.63. The molecule has 0 aliphatic carbocycles. The van der Waals surface area contributed by atoms with Crippen LogP contribution in [0.4, 0.5) is 0 Å². The second-order valence-corrected chi connectivity index (χ2v) is 8.46. The van der Waals surface area contributed by atoms with Crippen LogP contribution in [0, 0.1) is 6.92 Å². The first-order valence-electron chi connectivity index (χ1n) is 10.4. The minimum absolute atomic E-state index is 0. The van der Waals surface area contributed by atoms with Crippen molar-refractivity contribution < 1.29 is 13.9 Å². The van der Waals surface area contributed by atoms with Gasteiger partial charge in [-0.2, -0.15) is 0 Å². The standard InChI is InChI=1S/C22H30N2O4.ClH/c1-15-5-12-27-22(14-15)6-10-24(11-7-22)20(25)19-16(2)13-18(28-21(19)26)17-3-8-23-9-4-17;/h13-14,17,23H,3-12H2,1-2H3;1H. The fourth-order valence-corrected chi connectivity index (χ4v) is 4.71. The highest BCUT2D eigenvalue weighted by Crippen LogP contribution is 2.33. The van der Waals surface area contributed by atoms with E-state index < -0.39 is 5.63 Å². The monoisotopic (exact) mass is 422 g/mol. The minimum Gasteiger partial charge on any atom is -0.427 e. The van der Waals surface area contributed by atoms with E-state index >= 15 is 0 Å². The number of carbonyl (C=O) groups is 1. The third-order valence-corrected chi connectivity index (χ3v) is 6.42. The van der Waals surface area contributed by atoms with Crippen molar-refractivity contribution in [2.75, 3.05) is 32.8 Å². The molecular weight excluding hydrogens is 392 g/mol. The molecule has 160 valence electrons. The first-order chi connectivity index (χ1) is 13.5. The number of rotatable bonds is 2. The summed E-state index contributed by atoms with van der Waals surface area (Å²) in [7, 11) is 0. The second-order valence-electron chi connectivity index (χ2n) is 8.46. The Kier molecular flexibility index (Phi) is 6.87. The number of carbonyl (C=O) groups excluding carboxylic acids is 1. The number of hydrogen-bond acceptors (Lipinski definition) is 5. The molecule has 7 heteroatoms. The van der Waals surface area contributed by atoms with Gasteiger partial charge in [-0.15, -0.1) is 12.4 Å². The van der Waals surface area contributed by atoms with Crippen molar-refractivity contribution in [1.82, 2.24) is 10.2 Å².